The van der Waals surface area contributed by atoms with Gasteiger partial charge in [0.2, 0.25) is 0 Å². The van der Waals surface area contributed by atoms with E-state index in [1.165, 1.54) is 0 Å². The zero-order chi connectivity index (χ0) is 16.0. The van der Waals surface area contributed by atoms with Crippen LogP contribution in [0.15, 0.2) is 12.1 Å². The van der Waals surface area contributed by atoms with Crippen molar-refractivity contribution in [2.24, 2.45) is 0 Å². The van der Waals surface area contributed by atoms with E-state index >= 15 is 0 Å². The first-order chi connectivity index (χ1) is 9.73. The summed E-state index contributed by atoms with van der Waals surface area (Å²) in [6.45, 7) is 10.6. The molecule has 21 heavy (non-hydrogen) atoms. The van der Waals surface area contributed by atoms with Crippen LogP contribution in [0.25, 0.3) is 0 Å². The molecule has 1 atom stereocenters. The predicted molar refractivity (Wildman–Crippen MR) is 82.5 cm³/mol. The molecule has 0 spiro atoms. The maximum absolute atomic E-state index is 11.2. The molecule has 0 amide bonds. The van der Waals surface area contributed by atoms with Crippen LogP contribution in [0.3, 0.4) is 0 Å². The molecule has 0 aromatic carbocycles. The van der Waals surface area contributed by atoms with Crippen molar-refractivity contribution in [2.75, 3.05) is 0 Å². The highest BCUT2D eigenvalue weighted by atomic mass is 16.5. The summed E-state index contributed by atoms with van der Waals surface area (Å²) in [5, 5.41) is 12.6. The van der Waals surface area contributed by atoms with Gasteiger partial charge in [-0.2, -0.15) is 0 Å². The fourth-order valence-electron chi connectivity index (χ4n) is 1.83. The van der Waals surface area contributed by atoms with Crippen LogP contribution in [-0.2, 0) is 11.3 Å². The van der Waals surface area contributed by atoms with Gasteiger partial charge in [-0.15, -0.1) is 0 Å². The summed E-state index contributed by atoms with van der Waals surface area (Å²) in [5.41, 5.74) is 1.58. The van der Waals surface area contributed by atoms with E-state index in [0.29, 0.717) is 18.7 Å². The number of carboxylic acid groups (broad SMARTS) is 1. The maximum atomic E-state index is 11.2. The molecule has 5 heteroatoms. The van der Waals surface area contributed by atoms with E-state index in [4.69, 9.17) is 4.74 Å². The molecule has 1 aromatic rings. The second-order valence-corrected chi connectivity index (χ2v) is 6.23. The Balaban J connectivity index is 2.92. The number of carbonyl (C=O) groups is 1. The molecule has 0 aliphatic rings. The lowest BCUT2D eigenvalue weighted by Crippen LogP contribution is -2.35. The van der Waals surface area contributed by atoms with Crippen molar-refractivity contribution in [1.82, 2.24) is 10.3 Å². The zero-order valence-corrected chi connectivity index (χ0v) is 13.6. The van der Waals surface area contributed by atoms with Gasteiger partial charge < -0.3 is 15.2 Å². The molecule has 5 nitrogen and oxygen atoms in total. The van der Waals surface area contributed by atoms with Crippen LogP contribution in [0.2, 0.25) is 0 Å². The number of nitrogens with one attached hydrogen (secondary N) is 1. The Morgan fingerprint density at radius 1 is 1.43 bits per heavy atom. The highest BCUT2D eigenvalue weighted by molar-refractivity contribution is 5.72. The quantitative estimate of drug-likeness (QED) is 0.809. The van der Waals surface area contributed by atoms with Crippen LogP contribution in [0, 0.1) is 6.92 Å². The summed E-state index contributed by atoms with van der Waals surface area (Å²) in [6, 6.07) is 3.63. The molecule has 2 N–H and O–H groups in total. The zero-order valence-electron chi connectivity index (χ0n) is 13.6. The number of hydrogen-bond donors (Lipinski definition) is 2. The second kappa shape index (κ2) is 7.41. The molecular weight excluding hydrogens is 268 g/mol. The molecule has 0 fully saturated rings. The lowest BCUT2D eigenvalue weighted by Gasteiger charge is -2.22. The largest absolute Gasteiger partial charge is 0.479 e. The van der Waals surface area contributed by atoms with E-state index in [9.17, 15) is 9.90 Å². The van der Waals surface area contributed by atoms with Crippen LogP contribution in [0.5, 0.6) is 5.75 Å². The maximum Gasteiger partial charge on any atom is 0.344 e. The number of pyridine rings is 1. The van der Waals surface area contributed by atoms with Gasteiger partial charge in [0, 0.05) is 17.8 Å². The molecular formula is C16H26N2O3. The number of carboxylic acids is 1. The molecule has 1 aromatic heterocycles. The van der Waals surface area contributed by atoms with Crippen LogP contribution >= 0.6 is 0 Å². The van der Waals surface area contributed by atoms with Crippen molar-refractivity contribution in [3.63, 3.8) is 0 Å². The molecule has 0 aliphatic heterocycles. The number of aliphatic carboxylic acids is 1. The van der Waals surface area contributed by atoms with Gasteiger partial charge in [0.1, 0.15) is 5.75 Å². The first-order valence-corrected chi connectivity index (χ1v) is 7.34. The van der Waals surface area contributed by atoms with E-state index in [0.717, 1.165) is 17.8 Å². The van der Waals surface area contributed by atoms with Crippen LogP contribution in [-0.4, -0.2) is 27.7 Å². The van der Waals surface area contributed by atoms with Gasteiger partial charge in [-0.25, -0.2) is 4.79 Å². The topological polar surface area (TPSA) is 71.5 Å². The highest BCUT2D eigenvalue weighted by Crippen LogP contribution is 2.20. The molecule has 0 aliphatic carbocycles. The lowest BCUT2D eigenvalue weighted by atomic mass is 10.1. The van der Waals surface area contributed by atoms with E-state index < -0.39 is 12.1 Å². The Labute approximate surface area is 126 Å². The van der Waals surface area contributed by atoms with E-state index in [2.05, 4.69) is 31.1 Å². The Hall–Kier alpha value is -1.62. The number of aryl methyl sites for hydroxylation is 1. The van der Waals surface area contributed by atoms with Crippen LogP contribution in [0.1, 0.15) is 51.9 Å². The molecule has 1 heterocycles. The third-order valence-corrected chi connectivity index (χ3v) is 2.95. The van der Waals surface area contributed by atoms with E-state index in [1.807, 2.05) is 19.9 Å². The molecule has 0 saturated heterocycles. The Bertz CT molecular complexity index is 481. The lowest BCUT2D eigenvalue weighted by molar-refractivity contribution is -0.145. The number of hydrogen-bond acceptors (Lipinski definition) is 4. The summed E-state index contributed by atoms with van der Waals surface area (Å²) in [5.74, 6) is -0.398. The average Bonchev–Trinajstić information content (AvgIpc) is 2.37. The molecule has 0 radical (unpaired) electrons. The highest BCUT2D eigenvalue weighted by Gasteiger charge is 2.20. The van der Waals surface area contributed by atoms with Gasteiger partial charge in [-0.3, -0.25) is 4.98 Å². The SMILES string of the molecule is CCCC(Oc1ccc(C)nc1CNC(C)(C)C)C(=O)O. The van der Waals surface area contributed by atoms with Crippen molar-refractivity contribution >= 4 is 5.97 Å². The van der Waals surface area contributed by atoms with Gasteiger partial charge in [0.15, 0.2) is 6.10 Å². The molecule has 0 bridgehead atoms. The fraction of sp³-hybridized carbons (Fsp3) is 0.625. The Kier molecular flexibility index (Phi) is 6.15. The minimum atomic E-state index is -0.938. The number of nitrogens with zero attached hydrogens (tertiary/aromatic N) is 1. The summed E-state index contributed by atoms with van der Waals surface area (Å²) in [4.78, 5) is 15.7. The van der Waals surface area contributed by atoms with E-state index in [-0.39, 0.29) is 5.54 Å². The first-order valence-electron chi connectivity index (χ1n) is 7.34. The van der Waals surface area contributed by atoms with Gasteiger partial charge in [-0.1, -0.05) is 13.3 Å². The van der Waals surface area contributed by atoms with Crippen molar-refractivity contribution in [3.05, 3.63) is 23.5 Å². The minimum Gasteiger partial charge on any atom is -0.479 e. The predicted octanol–water partition coefficient (Wildman–Crippen LogP) is 2.91. The third-order valence-electron chi connectivity index (χ3n) is 2.95. The summed E-state index contributed by atoms with van der Waals surface area (Å²) < 4.78 is 5.67. The van der Waals surface area contributed by atoms with Crippen molar-refractivity contribution in [1.29, 1.82) is 0 Å². The molecule has 118 valence electrons. The van der Waals surface area contributed by atoms with Gasteiger partial charge in [0.25, 0.3) is 0 Å². The second-order valence-electron chi connectivity index (χ2n) is 6.23. The summed E-state index contributed by atoms with van der Waals surface area (Å²) >= 11 is 0. The van der Waals surface area contributed by atoms with Gasteiger partial charge in [-0.05, 0) is 46.2 Å². The fourth-order valence-corrected chi connectivity index (χ4v) is 1.83. The van der Waals surface area contributed by atoms with Crippen molar-refractivity contribution < 1.29 is 14.6 Å². The van der Waals surface area contributed by atoms with E-state index in [1.54, 1.807) is 6.07 Å². The molecule has 1 unspecified atom stereocenters. The van der Waals surface area contributed by atoms with Gasteiger partial charge >= 0.3 is 5.97 Å². The molecule has 0 saturated carbocycles. The molecule has 1 rings (SSSR count). The van der Waals surface area contributed by atoms with Gasteiger partial charge in [0.05, 0.1) is 5.69 Å². The number of aromatic nitrogens is 1. The minimum absolute atomic E-state index is 0.0433. The Morgan fingerprint density at radius 3 is 2.62 bits per heavy atom. The normalized spacial score (nSPS) is 13.0. The first kappa shape index (κ1) is 17.4. The Morgan fingerprint density at radius 2 is 2.10 bits per heavy atom. The number of rotatable bonds is 7. The third kappa shape index (κ3) is 6.12. The van der Waals surface area contributed by atoms with Crippen molar-refractivity contribution in [2.45, 2.75) is 65.6 Å². The monoisotopic (exact) mass is 294 g/mol. The van der Waals surface area contributed by atoms with Crippen LogP contribution < -0.4 is 10.1 Å². The summed E-state index contributed by atoms with van der Waals surface area (Å²) in [7, 11) is 0. The number of ether oxygens (including phenoxy) is 1. The smallest absolute Gasteiger partial charge is 0.344 e. The standard InChI is InChI=1S/C16H26N2O3/c1-6-7-14(15(19)20)21-13-9-8-11(2)18-12(13)10-17-16(3,4)5/h8-9,14,17H,6-7,10H2,1-5H3,(H,19,20). The summed E-state index contributed by atoms with van der Waals surface area (Å²) in [6.07, 6.45) is 0.411. The van der Waals surface area contributed by atoms with Crippen molar-refractivity contribution in [3.8, 4) is 5.75 Å². The average molecular weight is 294 g/mol. The van der Waals surface area contributed by atoms with Crippen LogP contribution in [0.4, 0.5) is 0 Å².